The molecular formula is C18H27FN2. The molecule has 21 heavy (non-hydrogen) atoms. The quantitative estimate of drug-likeness (QED) is 0.901. The van der Waals surface area contributed by atoms with Gasteiger partial charge in [0.2, 0.25) is 0 Å². The summed E-state index contributed by atoms with van der Waals surface area (Å²) in [4.78, 5) is 2.39. The lowest BCUT2D eigenvalue weighted by molar-refractivity contribution is 0.244. The zero-order chi connectivity index (χ0) is 14.8. The van der Waals surface area contributed by atoms with Gasteiger partial charge in [0.05, 0.1) is 5.69 Å². The minimum atomic E-state index is -0.0492. The van der Waals surface area contributed by atoms with E-state index in [1.807, 2.05) is 19.1 Å². The van der Waals surface area contributed by atoms with E-state index < -0.39 is 0 Å². The molecule has 0 amide bonds. The first kappa shape index (κ1) is 14.8. The molecule has 2 aliphatic rings. The van der Waals surface area contributed by atoms with Crippen molar-refractivity contribution < 1.29 is 4.39 Å². The first-order chi connectivity index (χ1) is 10.2. The average Bonchev–Trinajstić information content (AvgIpc) is 2.44. The number of piperidine rings is 2. The number of fused-ring (bicyclic) bond motifs is 2. The van der Waals surface area contributed by atoms with Crippen LogP contribution in [0.1, 0.15) is 51.0 Å². The Balaban J connectivity index is 1.80. The zero-order valence-electron chi connectivity index (χ0n) is 13.2. The fraction of sp³-hybridized carbons (Fsp3) is 0.667. The molecule has 0 aromatic heterocycles. The number of aryl methyl sites for hydroxylation is 1. The Morgan fingerprint density at radius 1 is 1.24 bits per heavy atom. The van der Waals surface area contributed by atoms with Crippen molar-refractivity contribution in [3.8, 4) is 0 Å². The molecule has 2 bridgehead atoms. The van der Waals surface area contributed by atoms with Crippen molar-refractivity contribution >= 4 is 5.69 Å². The second kappa shape index (κ2) is 6.35. The number of halogens is 1. The van der Waals surface area contributed by atoms with Crippen molar-refractivity contribution in [2.24, 2.45) is 0 Å². The largest absolute Gasteiger partial charge is 0.363 e. The van der Waals surface area contributed by atoms with Gasteiger partial charge >= 0.3 is 0 Å². The smallest absolute Gasteiger partial charge is 0.146 e. The fourth-order valence-electron chi connectivity index (χ4n) is 4.11. The van der Waals surface area contributed by atoms with Crippen LogP contribution >= 0.6 is 0 Å². The average molecular weight is 290 g/mol. The Bertz CT molecular complexity index is 474. The predicted molar refractivity (Wildman–Crippen MR) is 86.4 cm³/mol. The highest BCUT2D eigenvalue weighted by Crippen LogP contribution is 2.38. The summed E-state index contributed by atoms with van der Waals surface area (Å²) in [7, 11) is 0. The number of nitrogens with one attached hydrogen (secondary N) is 1. The zero-order valence-corrected chi connectivity index (χ0v) is 13.2. The molecule has 1 aromatic carbocycles. The molecule has 2 aliphatic heterocycles. The van der Waals surface area contributed by atoms with E-state index in [9.17, 15) is 4.39 Å². The van der Waals surface area contributed by atoms with Crippen LogP contribution in [-0.4, -0.2) is 24.7 Å². The van der Waals surface area contributed by atoms with E-state index in [2.05, 4.69) is 17.1 Å². The first-order valence-electron chi connectivity index (χ1n) is 8.47. The first-order valence-corrected chi connectivity index (χ1v) is 8.47. The van der Waals surface area contributed by atoms with E-state index in [-0.39, 0.29) is 5.82 Å². The van der Waals surface area contributed by atoms with Crippen LogP contribution < -0.4 is 10.2 Å². The van der Waals surface area contributed by atoms with Crippen molar-refractivity contribution in [3.63, 3.8) is 0 Å². The molecule has 3 heteroatoms. The van der Waals surface area contributed by atoms with Crippen LogP contribution in [0.4, 0.5) is 10.1 Å². The summed E-state index contributed by atoms with van der Waals surface area (Å²) < 4.78 is 14.4. The number of hydrogen-bond donors (Lipinski definition) is 1. The van der Waals surface area contributed by atoms with Crippen molar-refractivity contribution in [1.82, 2.24) is 5.32 Å². The number of hydrogen-bond acceptors (Lipinski definition) is 2. The van der Waals surface area contributed by atoms with Crippen molar-refractivity contribution in [1.29, 1.82) is 0 Å². The van der Waals surface area contributed by atoms with Crippen molar-refractivity contribution in [2.45, 2.75) is 70.5 Å². The molecule has 2 nitrogen and oxygen atoms in total. The highest BCUT2D eigenvalue weighted by Gasteiger charge is 2.38. The maximum Gasteiger partial charge on any atom is 0.146 e. The van der Waals surface area contributed by atoms with Gasteiger partial charge in [0.1, 0.15) is 5.82 Å². The third-order valence-corrected chi connectivity index (χ3v) is 5.04. The van der Waals surface area contributed by atoms with Gasteiger partial charge in [-0.3, -0.25) is 0 Å². The van der Waals surface area contributed by atoms with Gasteiger partial charge in [-0.2, -0.15) is 0 Å². The van der Waals surface area contributed by atoms with Gasteiger partial charge in [0, 0.05) is 18.1 Å². The van der Waals surface area contributed by atoms with E-state index in [0.29, 0.717) is 18.1 Å². The molecule has 2 saturated heterocycles. The second-order valence-corrected chi connectivity index (χ2v) is 6.72. The Morgan fingerprint density at radius 2 is 1.95 bits per heavy atom. The van der Waals surface area contributed by atoms with Crippen LogP contribution in [-0.2, 0) is 0 Å². The molecule has 2 heterocycles. The summed E-state index contributed by atoms with van der Waals surface area (Å²) >= 11 is 0. The third kappa shape index (κ3) is 3.08. The van der Waals surface area contributed by atoms with E-state index >= 15 is 0 Å². The summed E-state index contributed by atoms with van der Waals surface area (Å²) in [5.74, 6) is -0.0492. The lowest BCUT2D eigenvalue weighted by atomic mass is 9.81. The summed E-state index contributed by atoms with van der Waals surface area (Å²) in [6.07, 6.45) is 7.19. The molecule has 0 radical (unpaired) electrons. The van der Waals surface area contributed by atoms with Crippen LogP contribution in [0.3, 0.4) is 0 Å². The number of benzene rings is 1. The predicted octanol–water partition coefficient (Wildman–Crippen LogP) is 4.02. The summed E-state index contributed by atoms with van der Waals surface area (Å²) in [6.45, 7) is 5.27. The van der Waals surface area contributed by atoms with E-state index in [4.69, 9.17) is 0 Å². The standard InChI is InChI=1S/C18H27FN2/c1-3-9-20-14-11-15-5-4-6-16(12-14)21(15)18-8-7-13(2)10-17(18)19/h7-8,10,14-16,20H,3-6,9,11-12H2,1-2H3. The molecule has 0 aliphatic carbocycles. The third-order valence-electron chi connectivity index (χ3n) is 5.04. The highest BCUT2D eigenvalue weighted by molar-refractivity contribution is 5.52. The Kier molecular flexibility index (Phi) is 4.48. The van der Waals surface area contributed by atoms with Gasteiger partial charge in [-0.05, 0) is 69.7 Å². The monoisotopic (exact) mass is 290 g/mol. The van der Waals surface area contributed by atoms with Crippen LogP contribution in [0.25, 0.3) is 0 Å². The van der Waals surface area contributed by atoms with Gasteiger partial charge < -0.3 is 10.2 Å². The van der Waals surface area contributed by atoms with E-state index in [1.165, 1.54) is 25.7 Å². The molecule has 0 spiro atoms. The molecule has 1 aromatic rings. The molecule has 2 atom stereocenters. The molecule has 1 N–H and O–H groups in total. The summed E-state index contributed by atoms with van der Waals surface area (Å²) in [5.41, 5.74) is 1.82. The van der Waals surface area contributed by atoms with Gasteiger partial charge in [-0.25, -0.2) is 4.39 Å². The van der Waals surface area contributed by atoms with E-state index in [1.54, 1.807) is 6.07 Å². The Hall–Kier alpha value is -1.09. The van der Waals surface area contributed by atoms with Crippen LogP contribution in [0.15, 0.2) is 18.2 Å². The maximum atomic E-state index is 14.4. The number of rotatable bonds is 4. The second-order valence-electron chi connectivity index (χ2n) is 6.72. The Morgan fingerprint density at radius 3 is 2.57 bits per heavy atom. The van der Waals surface area contributed by atoms with Crippen molar-refractivity contribution in [3.05, 3.63) is 29.6 Å². The molecular weight excluding hydrogens is 263 g/mol. The molecule has 0 saturated carbocycles. The van der Waals surface area contributed by atoms with Crippen LogP contribution in [0.5, 0.6) is 0 Å². The normalized spacial score (nSPS) is 28.7. The summed E-state index contributed by atoms with van der Waals surface area (Å²) in [5, 5.41) is 3.68. The minimum Gasteiger partial charge on any atom is -0.363 e. The number of nitrogens with zero attached hydrogens (tertiary/aromatic N) is 1. The molecule has 2 unspecified atom stereocenters. The molecule has 2 fully saturated rings. The van der Waals surface area contributed by atoms with Gasteiger partial charge in [0.25, 0.3) is 0 Å². The van der Waals surface area contributed by atoms with Gasteiger partial charge in [0.15, 0.2) is 0 Å². The Labute approximate surface area is 127 Å². The fourth-order valence-corrected chi connectivity index (χ4v) is 4.11. The van der Waals surface area contributed by atoms with E-state index in [0.717, 1.165) is 30.6 Å². The lowest BCUT2D eigenvalue weighted by Crippen LogP contribution is -2.56. The highest BCUT2D eigenvalue weighted by atomic mass is 19.1. The SMILES string of the molecule is CCCNC1CC2CCCC(C1)N2c1ccc(C)cc1F. The van der Waals surface area contributed by atoms with Gasteiger partial charge in [-0.1, -0.05) is 13.0 Å². The molecule has 116 valence electrons. The minimum absolute atomic E-state index is 0.0492. The lowest BCUT2D eigenvalue weighted by Gasteiger charge is -2.50. The topological polar surface area (TPSA) is 15.3 Å². The summed E-state index contributed by atoms with van der Waals surface area (Å²) in [6, 6.07) is 7.32. The maximum absolute atomic E-state index is 14.4. The van der Waals surface area contributed by atoms with Gasteiger partial charge in [-0.15, -0.1) is 0 Å². The van der Waals surface area contributed by atoms with Crippen molar-refractivity contribution in [2.75, 3.05) is 11.4 Å². The number of anilines is 1. The van der Waals surface area contributed by atoms with Crippen LogP contribution in [0, 0.1) is 12.7 Å². The molecule has 3 rings (SSSR count). The van der Waals surface area contributed by atoms with Crippen LogP contribution in [0.2, 0.25) is 0 Å².